The second-order valence-electron chi connectivity index (χ2n) is 7.77. The van der Waals surface area contributed by atoms with Gasteiger partial charge in [-0.05, 0) is 23.3 Å². The molecule has 3 nitrogen and oxygen atoms in total. The quantitative estimate of drug-likeness (QED) is 0.226. The molecule has 4 aromatic carbocycles. The molecule has 0 aliphatic heterocycles. The molecule has 0 spiro atoms. The van der Waals surface area contributed by atoms with Gasteiger partial charge in [0.05, 0.1) is 10.7 Å². The molecule has 164 valence electrons. The molecule has 0 bridgehead atoms. The maximum Gasteiger partial charge on any atom is 0.187 e. The van der Waals surface area contributed by atoms with Gasteiger partial charge < -0.3 is 10.4 Å². The Balaban J connectivity index is 1.79. The predicted molar refractivity (Wildman–Crippen MR) is 134 cm³/mol. The van der Waals surface area contributed by atoms with Gasteiger partial charge in [-0.2, -0.15) is 0 Å². The minimum absolute atomic E-state index is 0.144. The number of aliphatic hydroxyl groups is 1. The Bertz CT molecular complexity index is 1200. The highest BCUT2D eigenvalue weighted by molar-refractivity contribution is 6.33. The average Bonchev–Trinajstić information content (AvgIpc) is 2.87. The van der Waals surface area contributed by atoms with Crippen LogP contribution >= 0.6 is 11.6 Å². The number of rotatable bonds is 8. The molecule has 33 heavy (non-hydrogen) atoms. The number of hydrogen-bond donors (Lipinski definition) is 2. The maximum atomic E-state index is 13.1. The molecule has 0 aromatic heterocycles. The Morgan fingerprint density at radius 3 is 1.79 bits per heavy atom. The van der Waals surface area contributed by atoms with Gasteiger partial charge in [-0.1, -0.05) is 115 Å². The second-order valence-corrected chi connectivity index (χ2v) is 8.18. The number of ketones is 1. The third-order valence-corrected chi connectivity index (χ3v) is 5.81. The van der Waals surface area contributed by atoms with Crippen molar-refractivity contribution in [1.82, 2.24) is 0 Å². The molecular weight excluding hydrogens is 430 g/mol. The van der Waals surface area contributed by atoms with Crippen molar-refractivity contribution in [2.45, 2.75) is 12.0 Å². The SMILES string of the molecule is O=C(/C=C(/CC(O)(c1ccccc1)c1ccccc1)Nc1ccccc1Cl)c1ccccc1. The van der Waals surface area contributed by atoms with Crippen molar-refractivity contribution in [3.05, 3.63) is 149 Å². The number of benzene rings is 4. The lowest BCUT2D eigenvalue weighted by Gasteiger charge is -2.31. The summed E-state index contributed by atoms with van der Waals surface area (Å²) in [4.78, 5) is 13.1. The Morgan fingerprint density at radius 1 is 0.758 bits per heavy atom. The third-order valence-electron chi connectivity index (χ3n) is 5.48. The first-order valence-corrected chi connectivity index (χ1v) is 11.1. The highest BCUT2D eigenvalue weighted by Gasteiger charge is 2.33. The summed E-state index contributed by atoms with van der Waals surface area (Å²) in [7, 11) is 0. The number of hydrogen-bond acceptors (Lipinski definition) is 3. The molecule has 0 unspecified atom stereocenters. The number of allylic oxidation sites excluding steroid dienone is 1. The fourth-order valence-electron chi connectivity index (χ4n) is 3.79. The van der Waals surface area contributed by atoms with Crippen LogP contribution in [0.5, 0.6) is 0 Å². The molecule has 2 N–H and O–H groups in total. The van der Waals surface area contributed by atoms with Crippen LogP contribution in [0.25, 0.3) is 0 Å². The molecule has 0 saturated heterocycles. The molecule has 0 aliphatic rings. The zero-order valence-electron chi connectivity index (χ0n) is 18.0. The van der Waals surface area contributed by atoms with Crippen LogP contribution in [0.1, 0.15) is 27.9 Å². The second kappa shape index (κ2) is 10.3. The minimum atomic E-state index is -1.36. The van der Waals surface area contributed by atoms with Crippen LogP contribution in [0.2, 0.25) is 5.02 Å². The summed E-state index contributed by atoms with van der Waals surface area (Å²) in [5.41, 5.74) is 1.88. The van der Waals surface area contributed by atoms with Crippen LogP contribution in [-0.4, -0.2) is 10.9 Å². The van der Waals surface area contributed by atoms with E-state index in [1.807, 2.05) is 97.1 Å². The fraction of sp³-hybridized carbons (Fsp3) is 0.0690. The van der Waals surface area contributed by atoms with Crippen molar-refractivity contribution >= 4 is 23.1 Å². The molecule has 0 radical (unpaired) electrons. The van der Waals surface area contributed by atoms with Crippen molar-refractivity contribution in [1.29, 1.82) is 0 Å². The lowest BCUT2D eigenvalue weighted by molar-refractivity contribution is 0.0812. The van der Waals surface area contributed by atoms with Gasteiger partial charge in [0.2, 0.25) is 0 Å². The van der Waals surface area contributed by atoms with Crippen LogP contribution in [0.15, 0.2) is 127 Å². The number of carbonyl (C=O) groups excluding carboxylic acids is 1. The summed E-state index contributed by atoms with van der Waals surface area (Å²) in [6.45, 7) is 0. The van der Waals surface area contributed by atoms with Crippen molar-refractivity contribution in [2.75, 3.05) is 5.32 Å². The van der Waals surface area contributed by atoms with Crippen molar-refractivity contribution in [3.63, 3.8) is 0 Å². The summed E-state index contributed by atoms with van der Waals surface area (Å²) < 4.78 is 0. The van der Waals surface area contributed by atoms with E-state index in [0.717, 1.165) is 11.1 Å². The summed E-state index contributed by atoms with van der Waals surface area (Å²) in [6.07, 6.45) is 1.68. The van der Waals surface area contributed by atoms with E-state index in [9.17, 15) is 9.90 Å². The number of carbonyl (C=O) groups is 1. The molecular formula is C29H24ClNO2. The van der Waals surface area contributed by atoms with Gasteiger partial charge in [-0.3, -0.25) is 4.79 Å². The maximum absolute atomic E-state index is 13.1. The lowest BCUT2D eigenvalue weighted by atomic mass is 9.82. The first-order chi connectivity index (χ1) is 16.1. The zero-order valence-corrected chi connectivity index (χ0v) is 18.7. The van der Waals surface area contributed by atoms with Gasteiger partial charge in [-0.25, -0.2) is 0 Å². The molecule has 0 amide bonds. The van der Waals surface area contributed by atoms with Gasteiger partial charge in [0.25, 0.3) is 0 Å². The molecule has 0 heterocycles. The normalized spacial score (nSPS) is 11.8. The largest absolute Gasteiger partial charge is 0.380 e. The van der Waals surface area contributed by atoms with Crippen molar-refractivity contribution < 1.29 is 9.90 Å². The van der Waals surface area contributed by atoms with Crippen molar-refractivity contribution in [3.8, 4) is 0 Å². The predicted octanol–water partition coefficient (Wildman–Crippen LogP) is 6.84. The van der Waals surface area contributed by atoms with Gasteiger partial charge in [-0.15, -0.1) is 0 Å². The van der Waals surface area contributed by atoms with Crippen LogP contribution in [0.3, 0.4) is 0 Å². The van der Waals surface area contributed by atoms with Gasteiger partial charge in [0, 0.05) is 23.8 Å². The van der Waals surface area contributed by atoms with Gasteiger partial charge >= 0.3 is 0 Å². The lowest BCUT2D eigenvalue weighted by Crippen LogP contribution is -2.29. The summed E-state index contributed by atoms with van der Waals surface area (Å²) in [5, 5.41) is 15.8. The van der Waals surface area contributed by atoms with Crippen LogP contribution < -0.4 is 5.32 Å². The van der Waals surface area contributed by atoms with E-state index in [2.05, 4.69) is 5.32 Å². The smallest absolute Gasteiger partial charge is 0.187 e. The van der Waals surface area contributed by atoms with Crippen LogP contribution in [-0.2, 0) is 5.60 Å². The molecule has 4 heteroatoms. The highest BCUT2D eigenvalue weighted by Crippen LogP contribution is 2.36. The number of nitrogens with one attached hydrogen (secondary N) is 1. The van der Waals surface area contributed by atoms with E-state index < -0.39 is 5.60 Å². The standard InChI is InChI=1S/C29H24ClNO2/c30-26-18-10-11-19-27(26)31-25(20-28(32)22-12-4-1-5-13-22)21-29(33,23-14-6-2-7-15-23)24-16-8-3-9-17-24/h1-20,31,33H,21H2/b25-20-. The first kappa shape index (κ1) is 22.5. The summed E-state index contributed by atoms with van der Waals surface area (Å²) >= 11 is 6.39. The zero-order chi connectivity index (χ0) is 23.1. The third kappa shape index (κ3) is 5.40. The van der Waals surface area contributed by atoms with E-state index in [-0.39, 0.29) is 12.2 Å². The molecule has 4 rings (SSSR count). The Morgan fingerprint density at radius 2 is 1.24 bits per heavy atom. The van der Waals surface area contributed by atoms with Crippen LogP contribution in [0.4, 0.5) is 5.69 Å². The Kier molecular flexibility index (Phi) is 7.04. The summed E-state index contributed by atoms with van der Waals surface area (Å²) in [5.74, 6) is -0.159. The Hall–Kier alpha value is -3.66. The molecule has 0 aliphatic carbocycles. The van der Waals surface area contributed by atoms with Gasteiger partial charge in [0.1, 0.15) is 5.60 Å². The van der Waals surface area contributed by atoms with E-state index >= 15 is 0 Å². The topological polar surface area (TPSA) is 49.3 Å². The molecule has 0 saturated carbocycles. The fourth-order valence-corrected chi connectivity index (χ4v) is 3.97. The van der Waals surface area contributed by atoms with Crippen molar-refractivity contribution in [2.24, 2.45) is 0 Å². The van der Waals surface area contributed by atoms with E-state index in [1.165, 1.54) is 6.08 Å². The molecule has 0 atom stereocenters. The number of para-hydroxylation sites is 1. The highest BCUT2D eigenvalue weighted by atomic mass is 35.5. The molecule has 0 fully saturated rings. The summed E-state index contributed by atoms with van der Waals surface area (Å²) in [6, 6.07) is 35.3. The van der Waals surface area contributed by atoms with E-state index in [1.54, 1.807) is 18.2 Å². The monoisotopic (exact) mass is 453 g/mol. The minimum Gasteiger partial charge on any atom is -0.380 e. The number of halogens is 1. The number of anilines is 1. The Labute approximate surface area is 199 Å². The van der Waals surface area contributed by atoms with E-state index in [4.69, 9.17) is 11.6 Å². The van der Waals surface area contributed by atoms with Gasteiger partial charge in [0.15, 0.2) is 5.78 Å². The van der Waals surface area contributed by atoms with Crippen LogP contribution in [0, 0.1) is 0 Å². The first-order valence-electron chi connectivity index (χ1n) is 10.7. The average molecular weight is 454 g/mol. The van der Waals surface area contributed by atoms with E-state index in [0.29, 0.717) is 22.0 Å². The molecule has 4 aromatic rings.